The molecular formula is C22H21ClF3NO6. The minimum absolute atomic E-state index is 0.0392. The van der Waals surface area contributed by atoms with Crippen molar-refractivity contribution in [2.75, 3.05) is 19.8 Å². The van der Waals surface area contributed by atoms with Crippen molar-refractivity contribution in [1.82, 2.24) is 4.57 Å². The summed E-state index contributed by atoms with van der Waals surface area (Å²) in [6.07, 6.45) is -6.42. The van der Waals surface area contributed by atoms with Crippen LogP contribution in [0.5, 0.6) is 0 Å². The number of rotatable bonds is 4. The summed E-state index contributed by atoms with van der Waals surface area (Å²) in [5, 5.41) is 10.1. The SMILES string of the molecule is O=C(O)C(C[C@@H]1COCCO1)n1cc2c(cc1=O)-c1cc(Cl)ccc1CC(C(F)(F)F)OC2. The average molecular weight is 488 g/mol. The van der Waals surface area contributed by atoms with E-state index in [0.717, 1.165) is 4.57 Å². The Hall–Kier alpha value is -2.40. The second-order valence-electron chi connectivity index (χ2n) is 7.96. The van der Waals surface area contributed by atoms with E-state index in [1.165, 1.54) is 30.5 Å². The lowest BCUT2D eigenvalue weighted by atomic mass is 9.92. The fourth-order valence-corrected chi connectivity index (χ4v) is 4.26. The standard InChI is InChI=1S/C22H21ClF3NO6/c23-14-2-1-12-5-19(22(24,25)26)33-10-13-9-27(20(28)8-17(13)16(12)6-14)18(21(29)30)7-15-11-31-3-4-32-15/h1-2,6,8-9,15,18-19H,3-5,7,10-11H2,(H,29,30)/t15-,18?,19?/m1/s1. The van der Waals surface area contributed by atoms with Gasteiger partial charge in [-0.05, 0) is 28.8 Å². The van der Waals surface area contributed by atoms with Crippen LogP contribution in [0.2, 0.25) is 5.02 Å². The van der Waals surface area contributed by atoms with Crippen molar-refractivity contribution in [2.45, 2.75) is 43.9 Å². The zero-order valence-corrected chi connectivity index (χ0v) is 18.1. The fraction of sp³-hybridized carbons (Fsp3) is 0.455. The predicted molar refractivity (Wildman–Crippen MR) is 111 cm³/mol. The van der Waals surface area contributed by atoms with Crippen LogP contribution in [0, 0.1) is 0 Å². The van der Waals surface area contributed by atoms with Gasteiger partial charge in [0.1, 0.15) is 6.04 Å². The molecule has 1 aromatic carbocycles. The van der Waals surface area contributed by atoms with E-state index < -0.39 is 49.0 Å². The number of aliphatic carboxylic acids is 1. The van der Waals surface area contributed by atoms with Gasteiger partial charge in [-0.25, -0.2) is 4.79 Å². The van der Waals surface area contributed by atoms with E-state index in [1.807, 2.05) is 0 Å². The predicted octanol–water partition coefficient (Wildman–Crippen LogP) is 3.60. The van der Waals surface area contributed by atoms with Gasteiger partial charge >= 0.3 is 12.1 Å². The van der Waals surface area contributed by atoms with Crippen molar-refractivity contribution in [3.63, 3.8) is 0 Å². The van der Waals surface area contributed by atoms with Crippen LogP contribution in [0.25, 0.3) is 11.1 Å². The molecule has 2 aliphatic rings. The van der Waals surface area contributed by atoms with E-state index >= 15 is 0 Å². The molecule has 1 N–H and O–H groups in total. The minimum atomic E-state index is -4.61. The van der Waals surface area contributed by atoms with Crippen LogP contribution in [0.4, 0.5) is 13.2 Å². The molecular weight excluding hydrogens is 467 g/mol. The van der Waals surface area contributed by atoms with Crippen LogP contribution in [0.3, 0.4) is 0 Å². The topological polar surface area (TPSA) is 87.0 Å². The van der Waals surface area contributed by atoms with Crippen molar-refractivity contribution in [3.05, 3.63) is 57.0 Å². The molecule has 0 saturated carbocycles. The quantitative estimate of drug-likeness (QED) is 0.709. The van der Waals surface area contributed by atoms with Crippen LogP contribution in [-0.2, 0) is 32.0 Å². The molecule has 0 spiro atoms. The number of fused-ring (bicyclic) bond motifs is 3. The maximum Gasteiger partial charge on any atom is 0.414 e. The molecule has 4 rings (SSSR count). The van der Waals surface area contributed by atoms with Crippen molar-refractivity contribution < 1.29 is 37.3 Å². The Morgan fingerprint density at radius 3 is 2.61 bits per heavy atom. The number of alkyl halides is 3. The molecule has 2 unspecified atom stereocenters. The molecule has 0 radical (unpaired) electrons. The van der Waals surface area contributed by atoms with Gasteiger partial charge < -0.3 is 23.9 Å². The number of hydrogen-bond acceptors (Lipinski definition) is 5. The number of halogens is 4. The first-order chi connectivity index (χ1) is 15.6. The van der Waals surface area contributed by atoms with E-state index in [-0.39, 0.29) is 18.6 Å². The lowest BCUT2D eigenvalue weighted by molar-refractivity contribution is -0.223. The van der Waals surface area contributed by atoms with Gasteiger partial charge in [0.25, 0.3) is 5.56 Å². The van der Waals surface area contributed by atoms with Gasteiger partial charge in [0.15, 0.2) is 6.10 Å². The summed E-state index contributed by atoms with van der Waals surface area (Å²) in [5.74, 6) is -1.27. The van der Waals surface area contributed by atoms with E-state index in [9.17, 15) is 27.9 Å². The Labute approximate surface area is 191 Å². The Kier molecular flexibility index (Phi) is 6.81. The van der Waals surface area contributed by atoms with Crippen LogP contribution >= 0.6 is 11.6 Å². The number of nitrogens with zero attached hydrogens (tertiary/aromatic N) is 1. The molecule has 1 fully saturated rings. The first-order valence-electron chi connectivity index (χ1n) is 10.3. The monoisotopic (exact) mass is 487 g/mol. The molecule has 3 heterocycles. The first kappa shape index (κ1) is 23.7. The smallest absolute Gasteiger partial charge is 0.414 e. The summed E-state index contributed by atoms with van der Waals surface area (Å²) in [6.45, 7) is 0.430. The number of carboxylic acid groups (broad SMARTS) is 1. The van der Waals surface area contributed by atoms with Gasteiger partial charge in [0.2, 0.25) is 0 Å². The van der Waals surface area contributed by atoms with Crippen molar-refractivity contribution in [3.8, 4) is 11.1 Å². The van der Waals surface area contributed by atoms with Gasteiger partial charge in [0.05, 0.1) is 32.5 Å². The lowest BCUT2D eigenvalue weighted by Crippen LogP contribution is -2.37. The van der Waals surface area contributed by atoms with Gasteiger partial charge in [0, 0.05) is 35.7 Å². The second kappa shape index (κ2) is 9.46. The molecule has 3 atom stereocenters. The van der Waals surface area contributed by atoms with Crippen LogP contribution in [0.1, 0.15) is 23.6 Å². The van der Waals surface area contributed by atoms with Gasteiger partial charge in [-0.3, -0.25) is 4.79 Å². The highest BCUT2D eigenvalue weighted by Gasteiger charge is 2.42. The van der Waals surface area contributed by atoms with E-state index in [2.05, 4.69) is 0 Å². The molecule has 178 valence electrons. The third-order valence-electron chi connectivity index (χ3n) is 5.73. The fourth-order valence-electron chi connectivity index (χ4n) is 4.09. The largest absolute Gasteiger partial charge is 0.480 e. The highest BCUT2D eigenvalue weighted by atomic mass is 35.5. The maximum absolute atomic E-state index is 13.5. The number of pyridine rings is 1. The number of carbonyl (C=O) groups is 1. The van der Waals surface area contributed by atoms with Crippen LogP contribution in [-0.4, -0.2) is 53.8 Å². The summed E-state index contributed by atoms with van der Waals surface area (Å²) in [6, 6.07) is 4.37. The molecule has 0 bridgehead atoms. The number of benzene rings is 1. The molecule has 7 nitrogen and oxygen atoms in total. The lowest BCUT2D eigenvalue weighted by Gasteiger charge is -2.28. The van der Waals surface area contributed by atoms with Gasteiger partial charge in [-0.2, -0.15) is 13.2 Å². The van der Waals surface area contributed by atoms with Gasteiger partial charge in [-0.15, -0.1) is 0 Å². The Bertz CT molecular complexity index is 1100. The normalized spacial score (nSPS) is 21.9. The highest BCUT2D eigenvalue weighted by molar-refractivity contribution is 6.30. The molecule has 33 heavy (non-hydrogen) atoms. The highest BCUT2D eigenvalue weighted by Crippen LogP contribution is 2.36. The number of aromatic nitrogens is 1. The molecule has 2 aliphatic heterocycles. The average Bonchev–Trinajstić information content (AvgIpc) is 2.75. The number of carboxylic acids is 1. The summed E-state index contributed by atoms with van der Waals surface area (Å²) >= 11 is 6.09. The molecule has 0 amide bonds. The van der Waals surface area contributed by atoms with Crippen molar-refractivity contribution in [2.24, 2.45) is 0 Å². The van der Waals surface area contributed by atoms with Crippen molar-refractivity contribution in [1.29, 1.82) is 0 Å². The van der Waals surface area contributed by atoms with Gasteiger partial charge in [-0.1, -0.05) is 17.7 Å². The zero-order valence-electron chi connectivity index (χ0n) is 17.3. The van der Waals surface area contributed by atoms with E-state index in [1.54, 1.807) is 0 Å². The van der Waals surface area contributed by atoms with Crippen LogP contribution < -0.4 is 5.56 Å². The molecule has 11 heteroatoms. The van der Waals surface area contributed by atoms with Crippen LogP contribution in [0.15, 0.2) is 35.3 Å². The van der Waals surface area contributed by atoms with Crippen molar-refractivity contribution >= 4 is 17.6 Å². The maximum atomic E-state index is 13.5. The first-order valence-corrected chi connectivity index (χ1v) is 10.7. The summed E-state index contributed by atoms with van der Waals surface area (Å²) in [5.41, 5.74) is 0.698. The number of hydrogen-bond donors (Lipinski definition) is 1. The summed E-state index contributed by atoms with van der Waals surface area (Å²) in [7, 11) is 0. The molecule has 1 aromatic heterocycles. The Morgan fingerprint density at radius 2 is 1.94 bits per heavy atom. The second-order valence-corrected chi connectivity index (χ2v) is 8.40. The summed E-state index contributed by atoms with van der Waals surface area (Å²) in [4.78, 5) is 25.0. The zero-order chi connectivity index (χ0) is 23.8. The molecule has 1 saturated heterocycles. The Balaban J connectivity index is 1.79. The summed E-state index contributed by atoms with van der Waals surface area (Å²) < 4.78 is 57.6. The molecule has 2 aromatic rings. The van der Waals surface area contributed by atoms with E-state index in [4.69, 9.17) is 25.8 Å². The Morgan fingerprint density at radius 1 is 1.18 bits per heavy atom. The molecule has 0 aliphatic carbocycles. The van der Waals surface area contributed by atoms with E-state index in [0.29, 0.717) is 34.9 Å². The third-order valence-corrected chi connectivity index (χ3v) is 5.96. The number of ether oxygens (including phenoxy) is 3. The minimum Gasteiger partial charge on any atom is -0.480 e. The third kappa shape index (κ3) is 5.24.